The van der Waals surface area contributed by atoms with Gasteiger partial charge in [0.05, 0.1) is 19.5 Å². The van der Waals surface area contributed by atoms with Gasteiger partial charge in [-0.3, -0.25) is 9.36 Å². The number of hydrogen-bond acceptors (Lipinski definition) is 3. The van der Waals surface area contributed by atoms with Gasteiger partial charge in [-0.25, -0.2) is 9.37 Å². The Hall–Kier alpha value is -2.45. The van der Waals surface area contributed by atoms with Gasteiger partial charge in [0, 0.05) is 29.8 Å². The van der Waals surface area contributed by atoms with E-state index in [4.69, 9.17) is 5.11 Å². The summed E-state index contributed by atoms with van der Waals surface area (Å²) in [5, 5.41) is 8.62. The minimum atomic E-state index is -0.420. The maximum absolute atomic E-state index is 13.9. The van der Waals surface area contributed by atoms with E-state index in [9.17, 15) is 9.18 Å². The van der Waals surface area contributed by atoms with Crippen LogP contribution in [0.1, 0.15) is 17.5 Å². The highest BCUT2D eigenvalue weighted by molar-refractivity contribution is 5.37. The fourth-order valence-electron chi connectivity index (χ4n) is 1.65. The first-order valence-electron chi connectivity index (χ1n) is 6.09. The van der Waals surface area contributed by atoms with Crippen LogP contribution in [0.5, 0.6) is 0 Å². The third-order valence-electron chi connectivity index (χ3n) is 2.66. The summed E-state index contributed by atoms with van der Waals surface area (Å²) in [6.45, 7) is 0.111. The van der Waals surface area contributed by atoms with Crippen molar-refractivity contribution in [3.63, 3.8) is 0 Å². The van der Waals surface area contributed by atoms with Gasteiger partial charge in [-0.05, 0) is 12.1 Å². The van der Waals surface area contributed by atoms with Gasteiger partial charge < -0.3 is 5.11 Å². The average molecular weight is 272 g/mol. The molecule has 0 aliphatic carbocycles. The van der Waals surface area contributed by atoms with Crippen LogP contribution >= 0.6 is 0 Å². The first kappa shape index (κ1) is 14.0. The number of halogens is 1. The fourth-order valence-corrected chi connectivity index (χ4v) is 1.65. The first-order chi connectivity index (χ1) is 9.70. The maximum atomic E-state index is 13.9. The molecule has 0 aliphatic rings. The highest BCUT2D eigenvalue weighted by atomic mass is 19.1. The zero-order chi connectivity index (χ0) is 14.4. The van der Waals surface area contributed by atoms with Gasteiger partial charge in [0.25, 0.3) is 5.56 Å². The zero-order valence-corrected chi connectivity index (χ0v) is 10.7. The average Bonchev–Trinajstić information content (AvgIpc) is 2.44. The second-order valence-corrected chi connectivity index (χ2v) is 4.13. The second kappa shape index (κ2) is 6.64. The third-order valence-corrected chi connectivity index (χ3v) is 2.66. The van der Waals surface area contributed by atoms with E-state index < -0.39 is 5.82 Å². The molecule has 1 aromatic carbocycles. The molecule has 1 N–H and O–H groups in total. The standard InChI is InChI=1S/C15H13FN2O2/c16-14-9-12(3-1-2-8-19)4-5-13(14)10-18-11-17-7-6-15(18)20/h4-7,9,11,19H,2,8,10H2. The Morgan fingerprint density at radius 3 is 2.90 bits per heavy atom. The summed E-state index contributed by atoms with van der Waals surface area (Å²) in [5.41, 5.74) is 0.706. The van der Waals surface area contributed by atoms with Gasteiger partial charge in [-0.15, -0.1) is 0 Å². The van der Waals surface area contributed by atoms with Crippen molar-refractivity contribution in [2.75, 3.05) is 6.61 Å². The zero-order valence-electron chi connectivity index (χ0n) is 10.7. The van der Waals surface area contributed by atoms with Crippen molar-refractivity contribution < 1.29 is 9.50 Å². The fraction of sp³-hybridized carbons (Fsp3) is 0.200. The first-order valence-corrected chi connectivity index (χ1v) is 6.09. The lowest BCUT2D eigenvalue weighted by molar-refractivity contribution is 0.305. The molecule has 0 unspecified atom stereocenters. The van der Waals surface area contributed by atoms with E-state index in [0.717, 1.165) is 0 Å². The number of aromatic nitrogens is 2. The quantitative estimate of drug-likeness (QED) is 0.853. The van der Waals surface area contributed by atoms with Crippen molar-refractivity contribution in [1.82, 2.24) is 9.55 Å². The molecule has 5 heteroatoms. The maximum Gasteiger partial charge on any atom is 0.253 e. The highest BCUT2D eigenvalue weighted by Crippen LogP contribution is 2.10. The second-order valence-electron chi connectivity index (χ2n) is 4.13. The number of nitrogens with zero attached hydrogens (tertiary/aromatic N) is 2. The smallest absolute Gasteiger partial charge is 0.253 e. The molecule has 0 saturated carbocycles. The Morgan fingerprint density at radius 1 is 1.35 bits per heavy atom. The summed E-state index contributed by atoms with van der Waals surface area (Å²) < 4.78 is 15.3. The molecule has 2 rings (SSSR count). The van der Waals surface area contributed by atoms with E-state index in [-0.39, 0.29) is 18.7 Å². The summed E-state index contributed by atoms with van der Waals surface area (Å²) in [5.74, 6) is 5.06. The summed E-state index contributed by atoms with van der Waals surface area (Å²) >= 11 is 0. The largest absolute Gasteiger partial charge is 0.395 e. The lowest BCUT2D eigenvalue weighted by Crippen LogP contribution is -2.19. The van der Waals surface area contributed by atoms with Gasteiger partial charge in [0.2, 0.25) is 0 Å². The molecule has 0 spiro atoms. The van der Waals surface area contributed by atoms with Crippen molar-refractivity contribution in [1.29, 1.82) is 0 Å². The Kier molecular flexibility index (Phi) is 4.64. The molecule has 2 aromatic rings. The molecule has 4 nitrogen and oxygen atoms in total. The molecular formula is C15H13FN2O2. The van der Waals surface area contributed by atoms with E-state index >= 15 is 0 Å². The van der Waals surface area contributed by atoms with Crippen molar-refractivity contribution in [2.24, 2.45) is 0 Å². The molecule has 20 heavy (non-hydrogen) atoms. The van der Waals surface area contributed by atoms with Crippen LogP contribution in [0.3, 0.4) is 0 Å². The van der Waals surface area contributed by atoms with Crippen LogP contribution in [0.4, 0.5) is 4.39 Å². The Morgan fingerprint density at radius 2 is 2.20 bits per heavy atom. The Labute approximate surface area is 115 Å². The van der Waals surface area contributed by atoms with Crippen molar-refractivity contribution >= 4 is 0 Å². The Balaban J connectivity index is 2.21. The van der Waals surface area contributed by atoms with Crippen LogP contribution in [0, 0.1) is 17.7 Å². The molecule has 0 bridgehead atoms. The number of aliphatic hydroxyl groups is 1. The van der Waals surface area contributed by atoms with Crippen LogP contribution < -0.4 is 5.56 Å². The van der Waals surface area contributed by atoms with E-state index in [0.29, 0.717) is 17.5 Å². The molecular weight excluding hydrogens is 259 g/mol. The number of hydrogen-bond donors (Lipinski definition) is 1. The number of benzene rings is 1. The van der Waals surface area contributed by atoms with Crippen LogP contribution in [0.2, 0.25) is 0 Å². The van der Waals surface area contributed by atoms with Gasteiger partial charge in [0.15, 0.2) is 0 Å². The topological polar surface area (TPSA) is 55.1 Å². The van der Waals surface area contributed by atoms with Crippen LogP contribution in [0.25, 0.3) is 0 Å². The number of aliphatic hydroxyl groups excluding tert-OH is 1. The summed E-state index contributed by atoms with van der Waals surface area (Å²) in [6, 6.07) is 5.93. The van der Waals surface area contributed by atoms with E-state index in [1.54, 1.807) is 12.1 Å². The summed E-state index contributed by atoms with van der Waals surface area (Å²) in [6.07, 6.45) is 3.13. The molecule has 0 aliphatic heterocycles. The van der Waals surface area contributed by atoms with Gasteiger partial charge >= 0.3 is 0 Å². The molecule has 0 radical (unpaired) electrons. The van der Waals surface area contributed by atoms with Crippen LogP contribution in [-0.2, 0) is 6.54 Å². The van der Waals surface area contributed by atoms with E-state index in [2.05, 4.69) is 16.8 Å². The third kappa shape index (κ3) is 3.53. The summed E-state index contributed by atoms with van der Waals surface area (Å²) in [4.78, 5) is 15.4. The van der Waals surface area contributed by atoms with Crippen LogP contribution in [-0.4, -0.2) is 21.3 Å². The molecule has 0 saturated heterocycles. The molecule has 1 heterocycles. The Bertz CT molecular complexity index is 714. The minimum Gasteiger partial charge on any atom is -0.395 e. The monoisotopic (exact) mass is 272 g/mol. The van der Waals surface area contributed by atoms with Crippen molar-refractivity contribution in [3.05, 3.63) is 64.1 Å². The molecule has 0 amide bonds. The van der Waals surface area contributed by atoms with Crippen molar-refractivity contribution in [2.45, 2.75) is 13.0 Å². The minimum absolute atomic E-state index is 0.0164. The summed E-state index contributed by atoms with van der Waals surface area (Å²) in [7, 11) is 0. The highest BCUT2D eigenvalue weighted by Gasteiger charge is 2.04. The lowest BCUT2D eigenvalue weighted by atomic mass is 10.1. The van der Waals surface area contributed by atoms with E-state index in [1.165, 1.54) is 29.2 Å². The van der Waals surface area contributed by atoms with Crippen LogP contribution in [0.15, 0.2) is 41.6 Å². The normalized spacial score (nSPS) is 9.90. The molecule has 102 valence electrons. The van der Waals surface area contributed by atoms with Gasteiger partial charge in [-0.2, -0.15) is 0 Å². The SMILES string of the molecule is O=c1ccncn1Cc1ccc(C#CCCO)cc1F. The van der Waals surface area contributed by atoms with Gasteiger partial charge in [-0.1, -0.05) is 17.9 Å². The van der Waals surface area contributed by atoms with Crippen molar-refractivity contribution in [3.8, 4) is 11.8 Å². The number of rotatable bonds is 3. The molecule has 0 fully saturated rings. The molecule has 0 atom stereocenters. The predicted molar refractivity (Wildman–Crippen MR) is 72.6 cm³/mol. The molecule has 1 aromatic heterocycles. The van der Waals surface area contributed by atoms with E-state index in [1.807, 2.05) is 0 Å². The van der Waals surface area contributed by atoms with Gasteiger partial charge in [0.1, 0.15) is 5.82 Å². The lowest BCUT2D eigenvalue weighted by Gasteiger charge is -2.06. The predicted octanol–water partition coefficient (Wildman–Crippen LogP) is 1.16.